The summed E-state index contributed by atoms with van der Waals surface area (Å²) in [6, 6.07) is 6.69. The molecule has 1 unspecified atom stereocenters. The van der Waals surface area contributed by atoms with Crippen molar-refractivity contribution in [2.24, 2.45) is 23.7 Å². The number of hydrogen-bond donors (Lipinski definition) is 4. The molecule has 1 heterocycles. The summed E-state index contributed by atoms with van der Waals surface area (Å²) in [5.41, 5.74) is 0.711. The number of carbonyl (C=O) groups excluding carboxylic acids is 4. The third kappa shape index (κ3) is 11.5. The fourth-order valence-corrected chi connectivity index (χ4v) is 7.59. The van der Waals surface area contributed by atoms with Crippen LogP contribution in [-0.4, -0.2) is 116 Å². The van der Waals surface area contributed by atoms with Crippen molar-refractivity contribution in [1.29, 1.82) is 0 Å². The van der Waals surface area contributed by atoms with Crippen LogP contribution in [0.4, 0.5) is 0 Å². The number of benzene rings is 1. The number of aliphatic hydroxyl groups excluding tert-OH is 1. The number of ether oxygens (including phenoxy) is 2. The van der Waals surface area contributed by atoms with Crippen LogP contribution in [0.5, 0.6) is 0 Å². The smallest absolute Gasteiger partial charge is 0.245 e. The molecule has 1 fully saturated rings. The van der Waals surface area contributed by atoms with Crippen molar-refractivity contribution < 1.29 is 33.8 Å². The molecule has 2 rings (SSSR count). The summed E-state index contributed by atoms with van der Waals surface area (Å²) in [5.74, 6) is -1.54. The van der Waals surface area contributed by atoms with Crippen molar-refractivity contribution >= 4 is 23.6 Å². The van der Waals surface area contributed by atoms with Gasteiger partial charge in [-0.2, -0.15) is 0 Å². The van der Waals surface area contributed by atoms with Crippen molar-refractivity contribution in [1.82, 2.24) is 25.8 Å². The second-order valence-electron chi connectivity index (χ2n) is 15.1. The van der Waals surface area contributed by atoms with Crippen LogP contribution in [0.3, 0.4) is 0 Å². The molecule has 4 amide bonds. The number of rotatable bonds is 21. The maximum Gasteiger partial charge on any atom is 0.245 e. The molecule has 1 aromatic rings. The number of nitrogens with one attached hydrogen (secondary N) is 3. The molecule has 1 aliphatic heterocycles. The Morgan fingerprint density at radius 1 is 0.904 bits per heavy atom. The highest BCUT2D eigenvalue weighted by molar-refractivity contribution is 5.90. The molecule has 52 heavy (non-hydrogen) atoms. The Kier molecular flexibility index (Phi) is 18.7. The van der Waals surface area contributed by atoms with Crippen LogP contribution in [-0.2, 0) is 28.7 Å². The first kappa shape index (κ1) is 45.1. The highest BCUT2D eigenvalue weighted by atomic mass is 16.5. The van der Waals surface area contributed by atoms with Crippen LogP contribution >= 0.6 is 0 Å². The molecular formula is C40H69N5O7. The third-order valence-electron chi connectivity index (χ3n) is 11.3. The van der Waals surface area contributed by atoms with Crippen molar-refractivity contribution in [2.45, 2.75) is 136 Å². The van der Waals surface area contributed by atoms with Crippen molar-refractivity contribution in [3.8, 4) is 0 Å². The van der Waals surface area contributed by atoms with Gasteiger partial charge in [-0.15, -0.1) is 0 Å². The summed E-state index contributed by atoms with van der Waals surface area (Å²) in [7, 11) is 6.60. The summed E-state index contributed by atoms with van der Waals surface area (Å²) in [4.78, 5) is 58.7. The minimum absolute atomic E-state index is 0.0150. The monoisotopic (exact) mass is 732 g/mol. The average molecular weight is 732 g/mol. The van der Waals surface area contributed by atoms with E-state index in [0.717, 1.165) is 12.8 Å². The maximum atomic E-state index is 14.3. The molecule has 0 spiro atoms. The Bertz CT molecular complexity index is 1270. The van der Waals surface area contributed by atoms with Gasteiger partial charge in [0.15, 0.2) is 0 Å². The zero-order valence-corrected chi connectivity index (χ0v) is 33.8. The topological polar surface area (TPSA) is 150 Å². The van der Waals surface area contributed by atoms with Gasteiger partial charge in [-0.3, -0.25) is 19.2 Å². The van der Waals surface area contributed by atoms with Gasteiger partial charge in [0.1, 0.15) is 6.04 Å². The van der Waals surface area contributed by atoms with Crippen LogP contribution < -0.4 is 16.0 Å². The molecule has 12 heteroatoms. The largest absolute Gasteiger partial charge is 0.386 e. The SMILES string of the molecule is CC[C@H](C)[C@@H]([C@@H](CC(=O)N1CCCC1[C@H](OC)[C@@H](C)C(=O)N[C@H](C)[C@@H](O)c1ccccc1)OC)N(C)C(=O)[C@@H](NC(=O)[C@H](NC)C(C)C)[C@@H](C)CC. The normalized spacial score (nSPS) is 20.5. The number of nitrogens with zero attached hydrogens (tertiary/aromatic N) is 2. The Morgan fingerprint density at radius 3 is 2.04 bits per heavy atom. The van der Waals surface area contributed by atoms with E-state index in [9.17, 15) is 24.3 Å². The Hall–Kier alpha value is -3.06. The van der Waals surface area contributed by atoms with E-state index in [0.29, 0.717) is 24.9 Å². The lowest BCUT2D eigenvalue weighted by atomic mass is 9.89. The number of carbonyl (C=O) groups is 4. The van der Waals surface area contributed by atoms with Gasteiger partial charge in [-0.25, -0.2) is 0 Å². The molecule has 0 saturated carbocycles. The molecule has 296 valence electrons. The quantitative estimate of drug-likeness (QED) is 0.149. The van der Waals surface area contributed by atoms with E-state index in [-0.39, 0.29) is 53.8 Å². The summed E-state index contributed by atoms with van der Waals surface area (Å²) < 4.78 is 11.9. The van der Waals surface area contributed by atoms with Gasteiger partial charge < -0.3 is 40.3 Å². The summed E-state index contributed by atoms with van der Waals surface area (Å²) in [6.45, 7) is 16.0. The Morgan fingerprint density at radius 2 is 1.52 bits per heavy atom. The zero-order valence-electron chi connectivity index (χ0n) is 33.8. The molecule has 11 atom stereocenters. The summed E-state index contributed by atoms with van der Waals surface area (Å²) in [6.07, 6.45) is 0.841. The first-order valence-electron chi connectivity index (χ1n) is 19.2. The van der Waals surface area contributed by atoms with Gasteiger partial charge in [0.2, 0.25) is 23.6 Å². The maximum absolute atomic E-state index is 14.3. The Labute approximate surface area is 313 Å². The molecule has 1 aromatic carbocycles. The van der Waals surface area contributed by atoms with E-state index < -0.39 is 48.4 Å². The highest BCUT2D eigenvalue weighted by Gasteiger charge is 2.43. The minimum Gasteiger partial charge on any atom is -0.386 e. The Balaban J connectivity index is 2.26. The van der Waals surface area contributed by atoms with Crippen molar-refractivity contribution in [3.05, 3.63) is 35.9 Å². The first-order valence-corrected chi connectivity index (χ1v) is 19.2. The van der Waals surface area contributed by atoms with E-state index >= 15 is 0 Å². The van der Waals surface area contributed by atoms with Crippen LogP contribution in [0, 0.1) is 23.7 Å². The molecule has 1 aliphatic rings. The van der Waals surface area contributed by atoms with Crippen LogP contribution in [0.15, 0.2) is 30.3 Å². The van der Waals surface area contributed by atoms with E-state index in [2.05, 4.69) is 16.0 Å². The van der Waals surface area contributed by atoms with Gasteiger partial charge in [0, 0.05) is 27.8 Å². The van der Waals surface area contributed by atoms with E-state index in [1.807, 2.05) is 71.9 Å². The lowest BCUT2D eigenvalue weighted by Gasteiger charge is -2.41. The average Bonchev–Trinajstić information content (AvgIpc) is 3.62. The third-order valence-corrected chi connectivity index (χ3v) is 11.3. The predicted molar refractivity (Wildman–Crippen MR) is 204 cm³/mol. The van der Waals surface area contributed by atoms with Gasteiger partial charge in [0.25, 0.3) is 0 Å². The van der Waals surface area contributed by atoms with Gasteiger partial charge in [0.05, 0.1) is 54.8 Å². The highest BCUT2D eigenvalue weighted by Crippen LogP contribution is 2.30. The molecule has 0 radical (unpaired) electrons. The second-order valence-corrected chi connectivity index (χ2v) is 15.1. The number of hydrogen-bond acceptors (Lipinski definition) is 8. The molecular weight excluding hydrogens is 662 g/mol. The molecule has 0 aromatic heterocycles. The zero-order chi connectivity index (χ0) is 39.3. The predicted octanol–water partition coefficient (Wildman–Crippen LogP) is 3.92. The first-order chi connectivity index (χ1) is 24.6. The van der Waals surface area contributed by atoms with E-state index in [1.54, 1.807) is 52.0 Å². The van der Waals surface area contributed by atoms with Crippen LogP contribution in [0.1, 0.15) is 99.2 Å². The molecule has 0 aliphatic carbocycles. The fourth-order valence-electron chi connectivity index (χ4n) is 7.59. The van der Waals surface area contributed by atoms with E-state index in [4.69, 9.17) is 9.47 Å². The number of likely N-dealkylation sites (N-methyl/N-ethyl adjacent to an activating group) is 2. The number of likely N-dealkylation sites (tertiary alicyclic amines) is 1. The second kappa shape index (κ2) is 21.6. The standard InChI is InChI=1S/C40H69N5O7/c1-13-25(5)34(43-39(49)33(41-9)24(3)4)40(50)44(10)35(26(6)14-2)31(51-11)23-32(46)45-22-18-21-30(45)37(52-12)27(7)38(48)42-28(8)36(47)29-19-16-15-17-20-29/h15-17,19-20,24-28,30-31,33-37,41,47H,13-14,18,21-23H2,1-12H3,(H,42,48)(H,43,49)/t25-,26-,27+,28+,30?,31+,33+,34-,35-,36+,37+/m0/s1. The van der Waals surface area contributed by atoms with Gasteiger partial charge in [-0.1, -0.05) is 91.6 Å². The molecule has 1 saturated heterocycles. The van der Waals surface area contributed by atoms with Crippen molar-refractivity contribution in [2.75, 3.05) is 34.9 Å². The van der Waals surface area contributed by atoms with Gasteiger partial charge in [-0.05, 0) is 50.1 Å². The fraction of sp³-hybridized carbons (Fsp3) is 0.750. The lowest BCUT2D eigenvalue weighted by Crippen LogP contribution is -2.60. The number of aliphatic hydroxyl groups is 1. The van der Waals surface area contributed by atoms with Crippen LogP contribution in [0.2, 0.25) is 0 Å². The van der Waals surface area contributed by atoms with Gasteiger partial charge >= 0.3 is 0 Å². The summed E-state index contributed by atoms with van der Waals surface area (Å²) in [5, 5.41) is 19.9. The minimum atomic E-state index is -0.876. The number of amides is 4. The van der Waals surface area contributed by atoms with E-state index in [1.165, 1.54) is 0 Å². The van der Waals surface area contributed by atoms with Crippen molar-refractivity contribution in [3.63, 3.8) is 0 Å². The number of methoxy groups -OCH3 is 2. The molecule has 12 nitrogen and oxygen atoms in total. The molecule has 4 N–H and O–H groups in total. The summed E-state index contributed by atoms with van der Waals surface area (Å²) >= 11 is 0. The van der Waals surface area contributed by atoms with Crippen LogP contribution in [0.25, 0.3) is 0 Å². The molecule has 0 bridgehead atoms. The lowest BCUT2D eigenvalue weighted by molar-refractivity contribution is -0.148.